The van der Waals surface area contributed by atoms with Crippen LogP contribution < -0.4 is 0 Å². The van der Waals surface area contributed by atoms with E-state index in [-0.39, 0.29) is 24.1 Å². The Balaban J connectivity index is 1.02. The maximum absolute atomic E-state index is 12.6. The van der Waals surface area contributed by atoms with E-state index in [1.807, 2.05) is 0 Å². The summed E-state index contributed by atoms with van der Waals surface area (Å²) >= 11 is 0. The van der Waals surface area contributed by atoms with E-state index in [1.165, 1.54) is 0 Å². The van der Waals surface area contributed by atoms with Gasteiger partial charge in [-0.2, -0.15) is 0 Å². The van der Waals surface area contributed by atoms with E-state index in [2.05, 4.69) is 0 Å². The fourth-order valence-corrected chi connectivity index (χ4v) is 7.23. The van der Waals surface area contributed by atoms with Gasteiger partial charge in [0.05, 0.1) is 24.4 Å². The molecular weight excluding hydrogens is 560 g/mol. The summed E-state index contributed by atoms with van der Waals surface area (Å²) in [7, 11) is 0. The van der Waals surface area contributed by atoms with E-state index < -0.39 is 0 Å². The van der Waals surface area contributed by atoms with Gasteiger partial charge in [-0.25, -0.2) is 0 Å². The number of carbonyl (C=O) groups excluding carboxylic acids is 2. The largest absolute Gasteiger partial charge is 0.462 e. The van der Waals surface area contributed by atoms with Gasteiger partial charge >= 0.3 is 11.9 Å². The second kappa shape index (κ2) is 21.6. The van der Waals surface area contributed by atoms with Crippen LogP contribution in [0, 0.1) is 0 Å². The molecule has 4 saturated heterocycles. The van der Waals surface area contributed by atoms with Crippen molar-refractivity contribution in [1.29, 1.82) is 0 Å². The highest BCUT2D eigenvalue weighted by molar-refractivity contribution is 5.69. The van der Waals surface area contributed by atoms with Crippen LogP contribution in [0.25, 0.3) is 0 Å². The topological polar surface area (TPSA) is 89.5 Å². The van der Waals surface area contributed by atoms with Gasteiger partial charge < -0.3 is 28.4 Å². The predicted octanol–water partition coefficient (Wildman–Crippen LogP) is 7.77. The van der Waals surface area contributed by atoms with Gasteiger partial charge in [-0.05, 0) is 116 Å². The molecule has 4 heterocycles. The lowest BCUT2D eigenvalue weighted by Gasteiger charge is -2.21. The fourth-order valence-electron chi connectivity index (χ4n) is 7.23. The Bertz CT molecular complexity index is 662. The third kappa shape index (κ3) is 14.9. The lowest BCUT2D eigenvalue weighted by Crippen LogP contribution is -2.22. The predicted molar refractivity (Wildman–Crippen MR) is 170 cm³/mol. The molecule has 0 bridgehead atoms. The van der Waals surface area contributed by atoms with Crippen LogP contribution in [0.1, 0.15) is 154 Å². The number of hydrogen-bond donors (Lipinski definition) is 0. The number of rotatable bonds is 23. The molecule has 4 aliphatic rings. The normalized spacial score (nSPS) is 25.4. The third-order valence-corrected chi connectivity index (χ3v) is 9.95. The van der Waals surface area contributed by atoms with Crippen LogP contribution in [0.2, 0.25) is 0 Å². The smallest absolute Gasteiger partial charge is 0.306 e. The van der Waals surface area contributed by atoms with Gasteiger partial charge in [-0.1, -0.05) is 25.7 Å². The summed E-state index contributed by atoms with van der Waals surface area (Å²) in [4.78, 5) is 25.3. The molecule has 4 rings (SSSR count). The van der Waals surface area contributed by atoms with Crippen LogP contribution in [0.4, 0.5) is 0 Å². The zero-order chi connectivity index (χ0) is 30.7. The first-order chi connectivity index (χ1) is 21.6. The maximum Gasteiger partial charge on any atom is 0.306 e. The highest BCUT2D eigenvalue weighted by Gasteiger charge is 2.25. The van der Waals surface area contributed by atoms with Crippen molar-refractivity contribution in [3.63, 3.8) is 0 Å². The van der Waals surface area contributed by atoms with Crippen LogP contribution in [-0.2, 0) is 38.0 Å². The number of unbranched alkanes of at least 4 members (excludes halogenated alkanes) is 5. The monoisotopic (exact) mass is 622 g/mol. The SMILES string of the molecule is O=C(CCCCCCCCC(=O)OC(CC[C@@H]1CCCO1)CC[C@@H]1CCCO1)OC(CC[C@@H]1CCCO1)CC[C@@H]1CCCO1. The first kappa shape index (κ1) is 35.6. The van der Waals surface area contributed by atoms with Gasteiger partial charge in [0.1, 0.15) is 12.2 Å². The van der Waals surface area contributed by atoms with Gasteiger partial charge in [0.2, 0.25) is 0 Å². The number of hydrogen-bond acceptors (Lipinski definition) is 8. The van der Waals surface area contributed by atoms with Crippen molar-refractivity contribution in [2.45, 2.75) is 191 Å². The molecule has 0 N–H and O–H groups in total. The summed E-state index contributed by atoms with van der Waals surface area (Å²) in [6.07, 6.45) is 24.7. The number of ether oxygens (including phenoxy) is 6. The standard InChI is InChI=1S/C36H62O8/c37-35(43-33(21-17-29-11-7-25-39-29)22-18-30-12-8-26-40-30)15-5-3-1-2-4-6-16-36(38)44-34(23-19-31-13-9-27-41-31)24-20-32-14-10-28-42-32/h29-34H,1-28H2/t29-,30-,31-,32-/m0/s1. The highest BCUT2D eigenvalue weighted by Crippen LogP contribution is 2.26. The zero-order valence-electron chi connectivity index (χ0n) is 27.5. The molecule has 8 nitrogen and oxygen atoms in total. The average molecular weight is 623 g/mol. The second-order valence-electron chi connectivity index (χ2n) is 13.7. The first-order valence-electron chi connectivity index (χ1n) is 18.5. The first-order valence-corrected chi connectivity index (χ1v) is 18.5. The summed E-state index contributed by atoms with van der Waals surface area (Å²) in [6, 6.07) is 0. The van der Waals surface area contributed by atoms with E-state index in [1.54, 1.807) is 0 Å². The van der Waals surface area contributed by atoms with Gasteiger partial charge in [0, 0.05) is 39.3 Å². The molecule has 4 aliphatic heterocycles. The van der Waals surface area contributed by atoms with Crippen LogP contribution in [0.5, 0.6) is 0 Å². The summed E-state index contributed by atoms with van der Waals surface area (Å²) in [5.74, 6) is -0.128. The summed E-state index contributed by atoms with van der Waals surface area (Å²) in [5, 5.41) is 0. The minimum atomic E-state index is -0.0639. The Morgan fingerprint density at radius 1 is 0.477 bits per heavy atom. The third-order valence-electron chi connectivity index (χ3n) is 9.95. The molecule has 0 aliphatic carbocycles. The molecule has 0 unspecified atom stereocenters. The Morgan fingerprint density at radius 2 is 0.773 bits per heavy atom. The lowest BCUT2D eigenvalue weighted by molar-refractivity contribution is -0.151. The van der Waals surface area contributed by atoms with E-state index in [4.69, 9.17) is 28.4 Å². The quantitative estimate of drug-likeness (QED) is 0.0844. The Kier molecular flexibility index (Phi) is 17.5. The summed E-state index contributed by atoms with van der Waals surface area (Å²) in [6.45, 7) is 3.45. The number of carbonyl (C=O) groups is 2. The van der Waals surface area contributed by atoms with Crippen molar-refractivity contribution < 1.29 is 38.0 Å². The second-order valence-corrected chi connectivity index (χ2v) is 13.7. The molecule has 4 atom stereocenters. The van der Waals surface area contributed by atoms with Gasteiger partial charge in [-0.3, -0.25) is 9.59 Å². The highest BCUT2D eigenvalue weighted by atomic mass is 16.5. The molecular formula is C36H62O8. The van der Waals surface area contributed by atoms with Crippen molar-refractivity contribution >= 4 is 11.9 Å². The minimum Gasteiger partial charge on any atom is -0.462 e. The minimum absolute atomic E-state index is 0.0256. The van der Waals surface area contributed by atoms with Crippen molar-refractivity contribution in [2.75, 3.05) is 26.4 Å². The lowest BCUT2D eigenvalue weighted by atomic mass is 10.0. The summed E-state index contributed by atoms with van der Waals surface area (Å²) < 4.78 is 35.1. The van der Waals surface area contributed by atoms with Crippen LogP contribution in [0.3, 0.4) is 0 Å². The molecule has 254 valence electrons. The molecule has 0 aromatic rings. The molecule has 4 fully saturated rings. The Labute approximate surface area is 266 Å². The van der Waals surface area contributed by atoms with Gasteiger partial charge in [0.25, 0.3) is 0 Å². The van der Waals surface area contributed by atoms with Crippen molar-refractivity contribution in [2.24, 2.45) is 0 Å². The maximum atomic E-state index is 12.6. The summed E-state index contributed by atoms with van der Waals surface area (Å²) in [5.41, 5.74) is 0. The zero-order valence-corrected chi connectivity index (χ0v) is 27.5. The average Bonchev–Trinajstić information content (AvgIpc) is 3.86. The molecule has 0 radical (unpaired) electrons. The van der Waals surface area contributed by atoms with E-state index in [9.17, 15) is 9.59 Å². The van der Waals surface area contributed by atoms with Crippen LogP contribution in [-0.4, -0.2) is 75.0 Å². The molecule has 0 spiro atoms. The van der Waals surface area contributed by atoms with Crippen molar-refractivity contribution in [3.8, 4) is 0 Å². The van der Waals surface area contributed by atoms with Gasteiger partial charge in [0.15, 0.2) is 0 Å². The molecule has 0 aromatic carbocycles. The van der Waals surface area contributed by atoms with Crippen LogP contribution >= 0.6 is 0 Å². The number of esters is 2. The Morgan fingerprint density at radius 3 is 1.05 bits per heavy atom. The molecule has 0 aromatic heterocycles. The Hall–Kier alpha value is -1.22. The van der Waals surface area contributed by atoms with E-state index >= 15 is 0 Å². The van der Waals surface area contributed by atoms with E-state index in [0.717, 1.165) is 168 Å². The van der Waals surface area contributed by atoms with Crippen molar-refractivity contribution in [3.05, 3.63) is 0 Å². The van der Waals surface area contributed by atoms with E-state index in [0.29, 0.717) is 37.3 Å². The molecule has 0 amide bonds. The fraction of sp³-hybridized carbons (Fsp3) is 0.944. The van der Waals surface area contributed by atoms with Crippen LogP contribution in [0.15, 0.2) is 0 Å². The molecule has 0 saturated carbocycles. The molecule has 44 heavy (non-hydrogen) atoms. The van der Waals surface area contributed by atoms with Crippen molar-refractivity contribution in [1.82, 2.24) is 0 Å². The van der Waals surface area contributed by atoms with Gasteiger partial charge in [-0.15, -0.1) is 0 Å². The molecule has 8 heteroatoms.